The molecule has 0 aliphatic carbocycles. The monoisotopic (exact) mass is 416 g/mol. The quantitative estimate of drug-likeness (QED) is 0.611. The molecule has 0 N–H and O–H groups in total. The first-order chi connectivity index (χ1) is 14.1. The number of hydrogen-bond acceptors (Lipinski definition) is 4. The van der Waals surface area contributed by atoms with Gasteiger partial charge in [0.05, 0.1) is 19.2 Å². The maximum Gasteiger partial charge on any atom is 0.238 e. The number of carbonyl (C=O) groups is 1. The van der Waals surface area contributed by atoms with Crippen molar-refractivity contribution in [2.24, 2.45) is 0 Å². The number of methoxy groups -OCH3 is 1. The number of amides is 1. The number of likely N-dealkylation sites (N-methyl/N-ethyl adjacent to an activating group) is 1. The molecule has 160 valence electrons. The van der Waals surface area contributed by atoms with Crippen molar-refractivity contribution in [2.75, 3.05) is 40.1 Å². The van der Waals surface area contributed by atoms with Crippen molar-refractivity contribution in [2.45, 2.75) is 33.2 Å². The van der Waals surface area contributed by atoms with Gasteiger partial charge in [0.2, 0.25) is 5.91 Å². The molecule has 0 aromatic heterocycles. The molecular weight excluding hydrogens is 380 g/mol. The predicted molar refractivity (Wildman–Crippen MR) is 126 cm³/mol. The summed E-state index contributed by atoms with van der Waals surface area (Å²) in [6, 6.07) is 19.2. The van der Waals surface area contributed by atoms with Gasteiger partial charge in [-0.15, -0.1) is 0 Å². The highest BCUT2D eigenvalue weighted by Gasteiger charge is 2.31. The first kappa shape index (κ1) is 25.2. The molecule has 0 bridgehead atoms. The SMILES string of the molecule is CC.COCC1CCN1C(=O)CN(C)SC.Cc1ccccc1-c1ccccc1. The van der Waals surface area contributed by atoms with E-state index >= 15 is 0 Å². The van der Waals surface area contributed by atoms with E-state index in [-0.39, 0.29) is 5.91 Å². The number of hydrogen-bond donors (Lipinski definition) is 0. The summed E-state index contributed by atoms with van der Waals surface area (Å²) in [5.41, 5.74) is 3.94. The van der Waals surface area contributed by atoms with Crippen LogP contribution in [0.1, 0.15) is 25.8 Å². The molecule has 1 amide bonds. The van der Waals surface area contributed by atoms with Crippen LogP contribution in [-0.2, 0) is 9.53 Å². The third-order valence-electron chi connectivity index (χ3n) is 4.72. The Labute approximate surface area is 181 Å². The second-order valence-corrected chi connectivity index (χ2v) is 7.62. The van der Waals surface area contributed by atoms with Crippen LogP contribution in [0.4, 0.5) is 0 Å². The minimum absolute atomic E-state index is 0.204. The van der Waals surface area contributed by atoms with E-state index in [1.165, 1.54) is 16.7 Å². The highest BCUT2D eigenvalue weighted by Crippen LogP contribution is 2.22. The Hall–Kier alpha value is -1.82. The summed E-state index contributed by atoms with van der Waals surface area (Å²) in [4.78, 5) is 13.6. The summed E-state index contributed by atoms with van der Waals surface area (Å²) in [5, 5.41) is 0. The molecule has 1 heterocycles. The van der Waals surface area contributed by atoms with E-state index in [1.807, 2.05) is 42.4 Å². The van der Waals surface area contributed by atoms with Crippen LogP contribution in [0.15, 0.2) is 54.6 Å². The van der Waals surface area contributed by atoms with E-state index in [9.17, 15) is 4.79 Å². The lowest BCUT2D eigenvalue weighted by Crippen LogP contribution is -2.55. The van der Waals surface area contributed by atoms with Crippen LogP contribution in [0, 0.1) is 6.92 Å². The fourth-order valence-electron chi connectivity index (χ4n) is 3.00. The third kappa shape index (κ3) is 8.21. The van der Waals surface area contributed by atoms with Gasteiger partial charge in [0.15, 0.2) is 0 Å². The van der Waals surface area contributed by atoms with Crippen molar-refractivity contribution >= 4 is 17.9 Å². The van der Waals surface area contributed by atoms with E-state index < -0.39 is 0 Å². The molecule has 0 spiro atoms. The van der Waals surface area contributed by atoms with Crippen molar-refractivity contribution in [3.05, 3.63) is 60.2 Å². The number of nitrogens with zero attached hydrogens (tertiary/aromatic N) is 2. The molecule has 1 saturated heterocycles. The molecule has 2 aromatic rings. The van der Waals surface area contributed by atoms with E-state index in [1.54, 1.807) is 19.1 Å². The number of ether oxygens (including phenoxy) is 1. The lowest BCUT2D eigenvalue weighted by Gasteiger charge is -2.41. The second-order valence-electron chi connectivity index (χ2n) is 6.63. The van der Waals surface area contributed by atoms with Gasteiger partial charge in [-0.3, -0.25) is 4.79 Å². The van der Waals surface area contributed by atoms with Crippen LogP contribution in [0.5, 0.6) is 0 Å². The van der Waals surface area contributed by atoms with Crippen LogP contribution in [-0.4, -0.2) is 61.3 Å². The molecule has 3 rings (SSSR count). The summed E-state index contributed by atoms with van der Waals surface area (Å²) >= 11 is 1.57. The Morgan fingerprint density at radius 2 is 1.76 bits per heavy atom. The van der Waals surface area contributed by atoms with E-state index in [0.29, 0.717) is 19.2 Å². The second kappa shape index (κ2) is 14.2. The standard InChI is InChI=1S/C13H12.C9H18N2O2S.C2H6/c1-11-7-5-6-10-13(11)12-8-3-2-4-9-12;1-10(14-3)6-9(12)11-5-4-8(11)7-13-2;1-2/h2-10H,1H3;8H,4-7H2,1-3H3;1-2H3. The molecule has 1 aliphatic rings. The maximum atomic E-state index is 11.7. The van der Waals surface area contributed by atoms with Crippen LogP contribution < -0.4 is 0 Å². The van der Waals surface area contributed by atoms with Gasteiger partial charge in [0.1, 0.15) is 0 Å². The van der Waals surface area contributed by atoms with Crippen molar-refractivity contribution < 1.29 is 9.53 Å². The molecule has 1 aliphatic heterocycles. The summed E-state index contributed by atoms with van der Waals surface area (Å²) in [7, 11) is 3.60. The fourth-order valence-corrected chi connectivity index (χ4v) is 3.23. The van der Waals surface area contributed by atoms with E-state index in [0.717, 1.165) is 13.0 Å². The lowest BCUT2D eigenvalue weighted by molar-refractivity contribution is -0.140. The molecule has 29 heavy (non-hydrogen) atoms. The zero-order valence-electron chi connectivity index (χ0n) is 18.7. The van der Waals surface area contributed by atoms with E-state index in [4.69, 9.17) is 4.74 Å². The number of carbonyl (C=O) groups excluding carboxylic acids is 1. The zero-order valence-corrected chi connectivity index (χ0v) is 19.5. The van der Waals surface area contributed by atoms with Gasteiger partial charge < -0.3 is 9.64 Å². The number of benzene rings is 2. The fraction of sp³-hybridized carbons (Fsp3) is 0.458. The van der Waals surface area contributed by atoms with Gasteiger partial charge >= 0.3 is 0 Å². The summed E-state index contributed by atoms with van der Waals surface area (Å²) in [6.45, 7) is 8.17. The largest absolute Gasteiger partial charge is 0.383 e. The highest BCUT2D eigenvalue weighted by molar-refractivity contribution is 7.96. The average Bonchev–Trinajstić information content (AvgIpc) is 2.74. The number of rotatable bonds is 6. The van der Waals surface area contributed by atoms with Gasteiger partial charge in [0, 0.05) is 13.7 Å². The lowest BCUT2D eigenvalue weighted by atomic mass is 10.0. The summed E-state index contributed by atoms with van der Waals surface area (Å²) in [6.07, 6.45) is 3.04. The summed E-state index contributed by atoms with van der Waals surface area (Å²) in [5.74, 6) is 0.204. The van der Waals surface area contributed by atoms with Gasteiger partial charge in [0.25, 0.3) is 0 Å². The van der Waals surface area contributed by atoms with Gasteiger partial charge in [-0.1, -0.05) is 80.4 Å². The van der Waals surface area contributed by atoms with Crippen molar-refractivity contribution in [3.8, 4) is 11.1 Å². The molecular formula is C24H36N2O2S. The van der Waals surface area contributed by atoms with Gasteiger partial charge in [-0.2, -0.15) is 0 Å². The minimum atomic E-state index is 0.204. The van der Waals surface area contributed by atoms with Crippen molar-refractivity contribution in [1.82, 2.24) is 9.21 Å². The number of likely N-dealkylation sites (tertiary alicyclic amines) is 1. The minimum Gasteiger partial charge on any atom is -0.383 e. The van der Waals surface area contributed by atoms with E-state index in [2.05, 4.69) is 55.5 Å². The van der Waals surface area contributed by atoms with Crippen LogP contribution in [0.25, 0.3) is 11.1 Å². The molecule has 5 heteroatoms. The third-order valence-corrected chi connectivity index (χ3v) is 5.48. The smallest absolute Gasteiger partial charge is 0.238 e. The van der Waals surface area contributed by atoms with Crippen LogP contribution in [0.3, 0.4) is 0 Å². The predicted octanol–water partition coefficient (Wildman–Crippen LogP) is 5.13. The first-order valence-electron chi connectivity index (χ1n) is 10.2. The highest BCUT2D eigenvalue weighted by atomic mass is 32.2. The molecule has 0 radical (unpaired) electrons. The number of aryl methyl sites for hydroxylation is 1. The Bertz CT molecular complexity index is 709. The molecule has 4 nitrogen and oxygen atoms in total. The Morgan fingerprint density at radius 1 is 1.14 bits per heavy atom. The average molecular weight is 417 g/mol. The Balaban J connectivity index is 0.000000268. The van der Waals surface area contributed by atoms with Crippen molar-refractivity contribution in [1.29, 1.82) is 0 Å². The topological polar surface area (TPSA) is 32.8 Å². The normalized spacial score (nSPS) is 14.9. The maximum absolute atomic E-state index is 11.7. The molecule has 1 fully saturated rings. The molecule has 1 unspecified atom stereocenters. The van der Waals surface area contributed by atoms with Crippen LogP contribution in [0.2, 0.25) is 0 Å². The Kier molecular flexibility index (Phi) is 12.4. The van der Waals surface area contributed by atoms with Gasteiger partial charge in [-0.25, -0.2) is 4.31 Å². The van der Waals surface area contributed by atoms with Gasteiger partial charge in [-0.05, 0) is 43.3 Å². The zero-order chi connectivity index (χ0) is 21.6. The molecule has 2 aromatic carbocycles. The van der Waals surface area contributed by atoms with Crippen LogP contribution >= 0.6 is 11.9 Å². The summed E-state index contributed by atoms with van der Waals surface area (Å²) < 4.78 is 6.98. The first-order valence-corrected chi connectivity index (χ1v) is 11.4. The Morgan fingerprint density at radius 3 is 2.28 bits per heavy atom. The molecule has 1 atom stereocenters. The van der Waals surface area contributed by atoms with Crippen molar-refractivity contribution in [3.63, 3.8) is 0 Å². The molecule has 0 saturated carbocycles.